The molecule has 0 aliphatic carbocycles. The maximum absolute atomic E-state index is 12.2. The first-order valence-electron chi connectivity index (χ1n) is 6.58. The van der Waals surface area contributed by atoms with E-state index in [4.69, 9.17) is 32.4 Å². The molecule has 2 heterocycles. The van der Waals surface area contributed by atoms with Gasteiger partial charge in [0.15, 0.2) is 6.10 Å². The Morgan fingerprint density at radius 1 is 1.30 bits per heavy atom. The molecule has 23 heavy (non-hydrogen) atoms. The third-order valence-electron chi connectivity index (χ3n) is 2.95. The van der Waals surface area contributed by atoms with Crippen molar-refractivity contribution in [1.82, 2.24) is 10.2 Å². The van der Waals surface area contributed by atoms with E-state index in [-0.39, 0.29) is 16.5 Å². The average Bonchev–Trinajstić information content (AvgIpc) is 3.19. The Morgan fingerprint density at radius 3 is 2.87 bits per heavy atom. The lowest BCUT2D eigenvalue weighted by atomic mass is 10.2. The molecule has 0 fully saturated rings. The zero-order chi connectivity index (χ0) is 16.4. The van der Waals surface area contributed by atoms with Crippen LogP contribution in [0.25, 0.3) is 10.8 Å². The van der Waals surface area contributed by atoms with Crippen molar-refractivity contribution in [2.75, 3.05) is 0 Å². The van der Waals surface area contributed by atoms with Crippen LogP contribution in [0.5, 0.6) is 0 Å². The van der Waals surface area contributed by atoms with Gasteiger partial charge in [-0.05, 0) is 36.6 Å². The third kappa shape index (κ3) is 3.55. The molecule has 0 aliphatic rings. The van der Waals surface area contributed by atoms with Gasteiger partial charge in [-0.25, -0.2) is 4.79 Å². The second kappa shape index (κ2) is 6.70. The number of rotatable bonds is 4. The minimum Gasteiger partial charge on any atom is -0.449 e. The molecule has 5 nitrogen and oxygen atoms in total. The molecule has 2 aromatic heterocycles. The first-order valence-corrected chi connectivity index (χ1v) is 8.21. The Balaban J connectivity index is 1.75. The van der Waals surface area contributed by atoms with Crippen LogP contribution >= 0.6 is 34.5 Å². The van der Waals surface area contributed by atoms with Crippen molar-refractivity contribution in [2.24, 2.45) is 0 Å². The Hall–Kier alpha value is -1.89. The molecular weight excluding hydrogens is 359 g/mol. The highest BCUT2D eigenvalue weighted by atomic mass is 35.5. The van der Waals surface area contributed by atoms with Crippen LogP contribution in [0.15, 0.2) is 40.1 Å². The van der Waals surface area contributed by atoms with Crippen molar-refractivity contribution < 1.29 is 13.9 Å². The normalized spacial score (nSPS) is 12.1. The molecule has 3 rings (SSSR count). The van der Waals surface area contributed by atoms with E-state index < -0.39 is 12.1 Å². The number of hydrogen-bond donors (Lipinski definition) is 0. The molecule has 0 spiro atoms. The van der Waals surface area contributed by atoms with Gasteiger partial charge < -0.3 is 9.15 Å². The van der Waals surface area contributed by atoms with E-state index in [1.807, 2.05) is 17.5 Å². The summed E-state index contributed by atoms with van der Waals surface area (Å²) < 4.78 is 10.8. The molecule has 1 aromatic carbocycles. The van der Waals surface area contributed by atoms with E-state index in [0.717, 1.165) is 4.88 Å². The molecule has 0 radical (unpaired) electrons. The number of benzene rings is 1. The summed E-state index contributed by atoms with van der Waals surface area (Å²) in [6.07, 6.45) is -0.709. The average molecular weight is 369 g/mol. The summed E-state index contributed by atoms with van der Waals surface area (Å²) >= 11 is 13.3. The second-order valence-electron chi connectivity index (χ2n) is 4.59. The summed E-state index contributed by atoms with van der Waals surface area (Å²) in [6.45, 7) is 1.64. The highest BCUT2D eigenvalue weighted by molar-refractivity contribution is 7.13. The SMILES string of the molecule is C[C@H](OC(=O)c1cc(Cl)ccc1Cl)c1nnc(-c2cccs2)o1. The van der Waals surface area contributed by atoms with E-state index in [0.29, 0.717) is 10.9 Å². The van der Waals surface area contributed by atoms with Gasteiger partial charge in [0.05, 0.1) is 15.5 Å². The van der Waals surface area contributed by atoms with Gasteiger partial charge in [-0.1, -0.05) is 29.3 Å². The highest BCUT2D eigenvalue weighted by Gasteiger charge is 2.21. The Kier molecular flexibility index (Phi) is 4.66. The van der Waals surface area contributed by atoms with E-state index in [9.17, 15) is 4.79 Å². The molecule has 118 valence electrons. The van der Waals surface area contributed by atoms with Crippen molar-refractivity contribution in [1.29, 1.82) is 0 Å². The van der Waals surface area contributed by atoms with Crippen molar-refractivity contribution >= 4 is 40.5 Å². The monoisotopic (exact) mass is 368 g/mol. The number of carbonyl (C=O) groups excluding carboxylic acids is 1. The Bertz CT molecular complexity index is 833. The summed E-state index contributed by atoms with van der Waals surface area (Å²) in [5, 5.41) is 10.4. The fraction of sp³-hybridized carbons (Fsp3) is 0.133. The lowest BCUT2D eigenvalue weighted by Crippen LogP contribution is -2.10. The maximum atomic E-state index is 12.2. The van der Waals surface area contributed by atoms with Gasteiger partial charge >= 0.3 is 5.97 Å². The summed E-state index contributed by atoms with van der Waals surface area (Å²) in [5.41, 5.74) is 0.184. The number of aromatic nitrogens is 2. The highest BCUT2D eigenvalue weighted by Crippen LogP contribution is 2.27. The van der Waals surface area contributed by atoms with E-state index >= 15 is 0 Å². The number of halogens is 2. The van der Waals surface area contributed by atoms with Crippen LogP contribution in [0.1, 0.15) is 29.3 Å². The number of thiophene rings is 1. The fourth-order valence-corrected chi connectivity index (χ4v) is 2.84. The third-order valence-corrected chi connectivity index (χ3v) is 4.38. The molecule has 0 aliphatic heterocycles. The van der Waals surface area contributed by atoms with E-state index in [2.05, 4.69) is 10.2 Å². The van der Waals surface area contributed by atoms with Gasteiger partial charge in [0.2, 0.25) is 0 Å². The molecule has 3 aromatic rings. The number of nitrogens with zero attached hydrogens (tertiary/aromatic N) is 2. The quantitative estimate of drug-likeness (QED) is 0.604. The molecule has 0 unspecified atom stereocenters. The van der Waals surface area contributed by atoms with Crippen molar-refractivity contribution in [3.05, 3.63) is 57.2 Å². The molecule has 8 heteroatoms. The predicted octanol–water partition coefficient (Wildman–Crippen LogP) is 5.02. The van der Waals surface area contributed by atoms with Crippen LogP contribution in [0, 0.1) is 0 Å². The summed E-state index contributed by atoms with van der Waals surface area (Å²) in [4.78, 5) is 13.0. The largest absolute Gasteiger partial charge is 0.449 e. The molecule has 0 amide bonds. The minimum absolute atomic E-state index is 0.184. The maximum Gasteiger partial charge on any atom is 0.340 e. The van der Waals surface area contributed by atoms with Gasteiger partial charge in [-0.3, -0.25) is 0 Å². The molecule has 0 saturated heterocycles. The second-order valence-corrected chi connectivity index (χ2v) is 6.39. The molecule has 0 bridgehead atoms. The molecule has 1 atom stereocenters. The van der Waals surface area contributed by atoms with E-state index in [1.165, 1.54) is 23.5 Å². The van der Waals surface area contributed by atoms with Crippen LogP contribution in [0.2, 0.25) is 10.0 Å². The lowest BCUT2D eigenvalue weighted by Gasteiger charge is -2.10. The lowest BCUT2D eigenvalue weighted by molar-refractivity contribution is 0.0280. The van der Waals surface area contributed by atoms with Gasteiger partial charge in [0, 0.05) is 5.02 Å². The van der Waals surface area contributed by atoms with Crippen LogP contribution in [0.4, 0.5) is 0 Å². The summed E-state index contributed by atoms with van der Waals surface area (Å²) in [7, 11) is 0. The fourth-order valence-electron chi connectivity index (χ4n) is 1.83. The number of esters is 1. The van der Waals surface area contributed by atoms with Crippen LogP contribution in [-0.2, 0) is 4.74 Å². The first-order chi connectivity index (χ1) is 11.0. The van der Waals surface area contributed by atoms with Crippen molar-refractivity contribution in [3.63, 3.8) is 0 Å². The van der Waals surface area contributed by atoms with Gasteiger partial charge in [-0.15, -0.1) is 21.5 Å². The van der Waals surface area contributed by atoms with Crippen LogP contribution in [-0.4, -0.2) is 16.2 Å². The standard InChI is InChI=1S/C15H10Cl2N2O3S/c1-8(13-18-19-14(22-13)12-3-2-6-23-12)21-15(20)10-7-9(16)4-5-11(10)17/h2-8H,1H3/t8-/m0/s1. The molecular formula is C15H10Cl2N2O3S. The summed E-state index contributed by atoms with van der Waals surface area (Å²) in [6, 6.07) is 8.32. The van der Waals surface area contributed by atoms with Crippen molar-refractivity contribution in [2.45, 2.75) is 13.0 Å². The minimum atomic E-state index is -0.709. The smallest absolute Gasteiger partial charge is 0.340 e. The first kappa shape index (κ1) is 16.0. The topological polar surface area (TPSA) is 65.2 Å². The van der Waals surface area contributed by atoms with Gasteiger partial charge in [0.1, 0.15) is 0 Å². The predicted molar refractivity (Wildman–Crippen MR) is 87.9 cm³/mol. The summed E-state index contributed by atoms with van der Waals surface area (Å²) in [5.74, 6) is -0.0144. The van der Waals surface area contributed by atoms with E-state index in [1.54, 1.807) is 13.0 Å². The Labute approximate surface area is 145 Å². The van der Waals surface area contributed by atoms with Gasteiger partial charge in [0.25, 0.3) is 11.8 Å². The van der Waals surface area contributed by atoms with Crippen LogP contribution < -0.4 is 0 Å². The van der Waals surface area contributed by atoms with Gasteiger partial charge in [-0.2, -0.15) is 0 Å². The van der Waals surface area contributed by atoms with Crippen LogP contribution in [0.3, 0.4) is 0 Å². The number of hydrogen-bond acceptors (Lipinski definition) is 6. The zero-order valence-electron chi connectivity index (χ0n) is 11.8. The molecule has 0 N–H and O–H groups in total. The molecule has 0 saturated carbocycles. The zero-order valence-corrected chi connectivity index (χ0v) is 14.2. The Morgan fingerprint density at radius 2 is 2.13 bits per heavy atom. The number of carbonyl (C=O) groups is 1. The van der Waals surface area contributed by atoms with Crippen molar-refractivity contribution in [3.8, 4) is 10.8 Å². The number of ether oxygens (including phenoxy) is 1.